The molecule has 3 rings (SSSR count). The summed E-state index contributed by atoms with van der Waals surface area (Å²) in [5, 5.41) is 1.02. The van der Waals surface area contributed by atoms with Crippen LogP contribution < -0.4 is 4.74 Å². The molecule has 1 atom stereocenters. The Morgan fingerprint density at radius 3 is 2.80 bits per heavy atom. The van der Waals surface area contributed by atoms with E-state index in [1.54, 1.807) is 30.3 Å². The van der Waals surface area contributed by atoms with Crippen LogP contribution in [0.3, 0.4) is 0 Å². The minimum absolute atomic E-state index is 0.393. The number of fused-ring (bicyclic) bond motifs is 1. The smallest absolute Gasteiger partial charge is 0.327 e. The molecule has 1 aliphatic heterocycles. The van der Waals surface area contributed by atoms with Gasteiger partial charge < -0.3 is 9.47 Å². The van der Waals surface area contributed by atoms with Gasteiger partial charge in [-0.1, -0.05) is 23.7 Å². The highest BCUT2D eigenvalue weighted by molar-refractivity contribution is 7.14. The van der Waals surface area contributed by atoms with Crippen molar-refractivity contribution in [1.29, 1.82) is 0 Å². The van der Waals surface area contributed by atoms with E-state index in [1.165, 1.54) is 18.3 Å². The Morgan fingerprint density at radius 2 is 2.12 bits per heavy atom. The standard InChI is InChI=1S/C18H18ClNO4S/c1-11(21)24-16-9-13-10-20(8-7-15(13)25-16)17(18(22)23-2)12-3-5-14(19)6-4-12/h3-6,9,17H,7-8,10H2,1-2H3/t17-/m0/s1/i2D3. The summed E-state index contributed by atoms with van der Waals surface area (Å²) in [5.41, 5.74) is 1.53. The second-order valence-corrected chi connectivity index (χ2v) is 7.24. The lowest BCUT2D eigenvalue weighted by atomic mass is 10.0. The van der Waals surface area contributed by atoms with Crippen LogP contribution in [0.5, 0.6) is 5.06 Å². The Balaban J connectivity index is 1.88. The number of rotatable bonds is 4. The average Bonchev–Trinajstić information content (AvgIpc) is 2.96. The largest absolute Gasteiger partial charge is 0.468 e. The minimum Gasteiger partial charge on any atom is -0.468 e. The lowest BCUT2D eigenvalue weighted by molar-refractivity contribution is -0.147. The number of ether oxygens (including phenoxy) is 2. The molecule has 0 saturated carbocycles. The Kier molecular flexibility index (Phi) is 4.32. The van der Waals surface area contributed by atoms with E-state index in [4.69, 9.17) is 25.2 Å². The van der Waals surface area contributed by atoms with E-state index >= 15 is 0 Å². The van der Waals surface area contributed by atoms with Gasteiger partial charge in [-0.25, -0.2) is 4.79 Å². The zero-order valence-corrected chi connectivity index (χ0v) is 15.0. The van der Waals surface area contributed by atoms with E-state index in [2.05, 4.69) is 0 Å². The number of benzene rings is 1. The molecule has 0 amide bonds. The van der Waals surface area contributed by atoms with Crippen LogP contribution in [0, 0.1) is 0 Å². The molecule has 2 aromatic rings. The molecule has 132 valence electrons. The molecule has 0 aliphatic carbocycles. The zero-order chi connectivity index (χ0) is 20.5. The lowest BCUT2D eigenvalue weighted by Crippen LogP contribution is -2.38. The fourth-order valence-electron chi connectivity index (χ4n) is 2.94. The molecule has 0 spiro atoms. The first-order chi connectivity index (χ1) is 13.1. The van der Waals surface area contributed by atoms with Gasteiger partial charge in [0.25, 0.3) is 0 Å². The van der Waals surface area contributed by atoms with E-state index in [0.29, 0.717) is 35.2 Å². The fourth-order valence-corrected chi connectivity index (χ4v) is 4.11. The second-order valence-electron chi connectivity index (χ2n) is 5.70. The van der Waals surface area contributed by atoms with Gasteiger partial charge in [0.15, 0.2) is 5.06 Å². The van der Waals surface area contributed by atoms with E-state index in [-0.39, 0.29) is 0 Å². The van der Waals surface area contributed by atoms with Gasteiger partial charge in [0.2, 0.25) is 0 Å². The highest BCUT2D eigenvalue weighted by Gasteiger charge is 2.32. The first kappa shape index (κ1) is 14.3. The van der Waals surface area contributed by atoms with E-state index in [1.807, 2.05) is 4.90 Å². The minimum atomic E-state index is -2.83. The van der Waals surface area contributed by atoms with E-state index in [0.717, 1.165) is 10.4 Å². The molecule has 0 saturated heterocycles. The number of hydrogen-bond donors (Lipinski definition) is 0. The molecule has 7 heteroatoms. The van der Waals surface area contributed by atoms with Crippen molar-refractivity contribution < 1.29 is 23.2 Å². The SMILES string of the molecule is [2H]C([2H])([2H])OC(=O)[C@H](c1ccc(Cl)cc1)N1CCc2sc(OC(C)=O)cc2C1. The highest BCUT2D eigenvalue weighted by Crippen LogP contribution is 2.36. The van der Waals surface area contributed by atoms with Gasteiger partial charge >= 0.3 is 11.9 Å². The number of halogens is 1. The topological polar surface area (TPSA) is 55.8 Å². The fraction of sp³-hybridized carbons (Fsp3) is 0.333. The van der Waals surface area contributed by atoms with Gasteiger partial charge in [0, 0.05) is 29.9 Å². The van der Waals surface area contributed by atoms with Crippen LogP contribution in [0.15, 0.2) is 30.3 Å². The van der Waals surface area contributed by atoms with Crippen LogP contribution in [0.1, 0.15) is 33.1 Å². The summed E-state index contributed by atoms with van der Waals surface area (Å²) in [6.07, 6.45) is 0.645. The average molecular weight is 383 g/mol. The number of methoxy groups -OCH3 is 1. The van der Waals surface area contributed by atoms with Crippen LogP contribution in [0.25, 0.3) is 0 Å². The van der Waals surface area contributed by atoms with Gasteiger partial charge in [0.05, 0.1) is 11.2 Å². The summed E-state index contributed by atoms with van der Waals surface area (Å²) in [4.78, 5) is 26.8. The number of thiophene rings is 1. The molecule has 0 radical (unpaired) electrons. The third-order valence-electron chi connectivity index (χ3n) is 3.99. The maximum atomic E-state index is 12.7. The normalized spacial score (nSPS) is 17.6. The van der Waals surface area contributed by atoms with Gasteiger partial charge in [-0.05, 0) is 35.7 Å². The predicted octanol–water partition coefficient (Wildman–Crippen LogP) is 3.60. The Labute approximate surface area is 159 Å². The van der Waals surface area contributed by atoms with E-state index in [9.17, 15) is 9.59 Å². The molecule has 0 N–H and O–H groups in total. The van der Waals surface area contributed by atoms with Crippen molar-refractivity contribution >= 4 is 34.9 Å². The summed E-state index contributed by atoms with van der Waals surface area (Å²) in [6, 6.07) is 7.54. The highest BCUT2D eigenvalue weighted by atomic mass is 35.5. The monoisotopic (exact) mass is 382 g/mol. The molecule has 2 heterocycles. The third-order valence-corrected chi connectivity index (χ3v) is 5.36. The zero-order valence-electron chi connectivity index (χ0n) is 16.5. The Hall–Kier alpha value is -1.89. The van der Waals surface area contributed by atoms with Crippen molar-refractivity contribution in [2.45, 2.75) is 25.9 Å². The van der Waals surface area contributed by atoms with Gasteiger partial charge in [-0.2, -0.15) is 0 Å². The van der Waals surface area contributed by atoms with Crippen molar-refractivity contribution in [3.05, 3.63) is 51.4 Å². The summed E-state index contributed by atoms with van der Waals surface area (Å²) in [5.74, 6) is -1.24. The first-order valence-corrected chi connectivity index (χ1v) is 8.84. The van der Waals surface area contributed by atoms with Crippen molar-refractivity contribution in [2.24, 2.45) is 0 Å². The molecule has 1 aliphatic rings. The number of hydrogen-bond acceptors (Lipinski definition) is 6. The number of carbonyl (C=O) groups excluding carboxylic acids is 2. The number of nitrogens with zero attached hydrogens (tertiary/aromatic N) is 1. The van der Waals surface area contributed by atoms with Crippen molar-refractivity contribution in [1.82, 2.24) is 4.90 Å². The van der Waals surface area contributed by atoms with Crippen molar-refractivity contribution in [3.8, 4) is 5.06 Å². The number of carbonyl (C=O) groups is 2. The van der Waals surface area contributed by atoms with Crippen LogP contribution in [0.4, 0.5) is 0 Å². The Morgan fingerprint density at radius 1 is 1.36 bits per heavy atom. The summed E-state index contributed by atoms with van der Waals surface area (Å²) in [7, 11) is -2.83. The maximum Gasteiger partial charge on any atom is 0.327 e. The predicted molar refractivity (Wildman–Crippen MR) is 96.0 cm³/mol. The molecule has 0 fully saturated rings. The molecule has 0 bridgehead atoms. The van der Waals surface area contributed by atoms with Crippen molar-refractivity contribution in [2.75, 3.05) is 13.6 Å². The molecule has 0 unspecified atom stereocenters. The summed E-state index contributed by atoms with van der Waals surface area (Å²) >= 11 is 7.34. The van der Waals surface area contributed by atoms with Gasteiger partial charge in [-0.15, -0.1) is 11.3 Å². The summed E-state index contributed by atoms with van der Waals surface area (Å²) < 4.78 is 31.6. The molecule has 1 aromatic heterocycles. The van der Waals surface area contributed by atoms with Crippen LogP contribution >= 0.6 is 22.9 Å². The lowest BCUT2D eigenvalue weighted by Gasteiger charge is -2.33. The van der Waals surface area contributed by atoms with E-state index < -0.39 is 25.0 Å². The van der Waals surface area contributed by atoms with Crippen LogP contribution in [0.2, 0.25) is 5.02 Å². The maximum absolute atomic E-state index is 12.7. The molecule has 5 nitrogen and oxygen atoms in total. The van der Waals surface area contributed by atoms with Crippen molar-refractivity contribution in [3.63, 3.8) is 0 Å². The van der Waals surface area contributed by atoms with Gasteiger partial charge in [-0.3, -0.25) is 9.69 Å². The molecule has 25 heavy (non-hydrogen) atoms. The van der Waals surface area contributed by atoms with Gasteiger partial charge in [0.1, 0.15) is 6.04 Å². The van der Waals surface area contributed by atoms with Crippen LogP contribution in [-0.4, -0.2) is 30.4 Å². The first-order valence-electron chi connectivity index (χ1n) is 9.15. The molecule has 1 aromatic carbocycles. The Bertz CT molecular complexity index is 882. The summed E-state index contributed by atoms with van der Waals surface area (Å²) in [6.45, 7) is 2.26. The van der Waals surface area contributed by atoms with Crippen LogP contribution in [-0.2, 0) is 27.3 Å². The molecular weight excluding hydrogens is 362 g/mol. The second kappa shape index (κ2) is 7.56. The number of esters is 2. The molecular formula is C18H18ClNO4S. The third kappa shape index (κ3) is 4.03. The quantitative estimate of drug-likeness (QED) is 0.756.